The maximum atomic E-state index is 4.20. The number of rotatable bonds is 1. The molecule has 4 heteroatoms. The lowest BCUT2D eigenvalue weighted by Crippen LogP contribution is -2.22. The van der Waals surface area contributed by atoms with Crippen LogP contribution in [0, 0.1) is 5.92 Å². The van der Waals surface area contributed by atoms with Crippen molar-refractivity contribution in [3.8, 4) is 0 Å². The molecular formula is C9H14N4. The van der Waals surface area contributed by atoms with Crippen molar-refractivity contribution in [3.05, 3.63) is 11.9 Å². The van der Waals surface area contributed by atoms with E-state index in [1.165, 1.54) is 31.7 Å². The quantitative estimate of drug-likeness (QED) is 0.617. The number of hydrogen-bond donors (Lipinski definition) is 0. The van der Waals surface area contributed by atoms with E-state index in [0.29, 0.717) is 5.92 Å². The molecule has 2 aliphatic heterocycles. The van der Waals surface area contributed by atoms with E-state index in [1.807, 2.05) is 7.05 Å². The van der Waals surface area contributed by atoms with Crippen LogP contribution in [0.4, 0.5) is 0 Å². The van der Waals surface area contributed by atoms with E-state index in [9.17, 15) is 0 Å². The Morgan fingerprint density at radius 1 is 1.46 bits per heavy atom. The van der Waals surface area contributed by atoms with Crippen LogP contribution in [0.25, 0.3) is 0 Å². The van der Waals surface area contributed by atoms with Gasteiger partial charge in [0.25, 0.3) is 0 Å². The van der Waals surface area contributed by atoms with E-state index in [2.05, 4.69) is 21.4 Å². The van der Waals surface area contributed by atoms with Gasteiger partial charge in [-0.25, -0.2) is 0 Å². The summed E-state index contributed by atoms with van der Waals surface area (Å²) in [5.41, 5.74) is 1.19. The van der Waals surface area contributed by atoms with E-state index in [1.54, 1.807) is 4.68 Å². The Balaban J connectivity index is 1.87. The van der Waals surface area contributed by atoms with E-state index >= 15 is 0 Å². The van der Waals surface area contributed by atoms with Gasteiger partial charge in [0.15, 0.2) is 0 Å². The molecule has 3 rings (SSSR count). The normalized spacial score (nSPS) is 37.2. The Bertz CT molecular complexity index is 319. The highest BCUT2D eigenvalue weighted by atomic mass is 15.4. The van der Waals surface area contributed by atoms with Crippen LogP contribution in [0.3, 0.4) is 0 Å². The first-order valence-corrected chi connectivity index (χ1v) is 4.91. The van der Waals surface area contributed by atoms with Crippen LogP contribution in [-0.4, -0.2) is 39.5 Å². The molecule has 3 atom stereocenters. The van der Waals surface area contributed by atoms with Gasteiger partial charge in [0, 0.05) is 32.3 Å². The third-order valence-electron chi connectivity index (χ3n) is 3.33. The Morgan fingerprint density at radius 2 is 2.38 bits per heavy atom. The number of fused-ring (bicyclic) bond motifs is 2. The van der Waals surface area contributed by atoms with Crippen LogP contribution in [0.15, 0.2) is 6.20 Å². The molecule has 0 spiro atoms. The summed E-state index contributed by atoms with van der Waals surface area (Å²) in [6, 6.07) is 0. The van der Waals surface area contributed by atoms with Crippen LogP contribution >= 0.6 is 0 Å². The lowest BCUT2D eigenvalue weighted by Gasteiger charge is -2.19. The zero-order valence-electron chi connectivity index (χ0n) is 7.85. The van der Waals surface area contributed by atoms with Gasteiger partial charge in [-0.05, 0) is 18.9 Å². The van der Waals surface area contributed by atoms with Gasteiger partial charge in [-0.2, -0.15) is 0 Å². The molecule has 2 saturated heterocycles. The average molecular weight is 178 g/mol. The van der Waals surface area contributed by atoms with Crippen LogP contribution in [0.2, 0.25) is 0 Å². The van der Waals surface area contributed by atoms with E-state index in [-0.39, 0.29) is 0 Å². The van der Waals surface area contributed by atoms with Gasteiger partial charge in [-0.1, -0.05) is 5.21 Å². The molecule has 2 aliphatic rings. The number of aryl methyl sites for hydroxylation is 1. The standard InChI is InChI=1S/C9H14N4/c1-12-6-9(10-11-12)8-5-13-3-2-7(8)4-13/h6-8H,2-5H2,1H3. The van der Waals surface area contributed by atoms with Crippen LogP contribution < -0.4 is 0 Å². The molecule has 0 saturated carbocycles. The topological polar surface area (TPSA) is 34.0 Å². The second-order valence-corrected chi connectivity index (χ2v) is 4.23. The summed E-state index contributed by atoms with van der Waals surface area (Å²) in [6.45, 7) is 3.77. The molecule has 3 unspecified atom stereocenters. The van der Waals surface area contributed by atoms with Crippen molar-refractivity contribution >= 4 is 0 Å². The first-order chi connectivity index (χ1) is 6.33. The number of aromatic nitrogens is 3. The molecular weight excluding hydrogens is 164 g/mol. The molecule has 2 bridgehead atoms. The summed E-state index contributed by atoms with van der Waals surface area (Å²) in [4.78, 5) is 2.53. The molecule has 2 fully saturated rings. The molecule has 0 aromatic carbocycles. The Hall–Kier alpha value is -0.900. The molecule has 1 aromatic heterocycles. The maximum absolute atomic E-state index is 4.20. The summed E-state index contributed by atoms with van der Waals surface area (Å²) in [6.07, 6.45) is 3.41. The molecule has 0 N–H and O–H groups in total. The number of piperidine rings is 1. The zero-order valence-corrected chi connectivity index (χ0v) is 7.85. The van der Waals surface area contributed by atoms with Crippen molar-refractivity contribution < 1.29 is 0 Å². The maximum Gasteiger partial charge on any atom is 0.0873 e. The first kappa shape index (κ1) is 7.50. The van der Waals surface area contributed by atoms with Gasteiger partial charge in [0.2, 0.25) is 0 Å². The first-order valence-electron chi connectivity index (χ1n) is 4.91. The monoisotopic (exact) mass is 178 g/mol. The SMILES string of the molecule is Cn1cc(C2CN3CCC2C3)nn1. The Morgan fingerprint density at radius 3 is 2.92 bits per heavy atom. The minimum atomic E-state index is 0.655. The zero-order chi connectivity index (χ0) is 8.84. The van der Waals surface area contributed by atoms with Gasteiger partial charge in [-0.15, -0.1) is 5.10 Å². The molecule has 1 aromatic rings. The molecule has 0 aliphatic carbocycles. The minimum absolute atomic E-state index is 0.655. The van der Waals surface area contributed by atoms with Crippen molar-refractivity contribution in [2.45, 2.75) is 12.3 Å². The predicted octanol–water partition coefficient (Wildman–Crippen LogP) is 0.234. The summed E-state index contributed by atoms with van der Waals surface area (Å²) >= 11 is 0. The fraction of sp³-hybridized carbons (Fsp3) is 0.778. The van der Waals surface area contributed by atoms with Crippen molar-refractivity contribution in [1.82, 2.24) is 19.9 Å². The van der Waals surface area contributed by atoms with E-state index in [0.717, 1.165) is 5.92 Å². The van der Waals surface area contributed by atoms with Crippen molar-refractivity contribution in [2.75, 3.05) is 19.6 Å². The highest BCUT2D eigenvalue weighted by Crippen LogP contribution is 2.38. The molecule has 70 valence electrons. The van der Waals surface area contributed by atoms with E-state index < -0.39 is 0 Å². The van der Waals surface area contributed by atoms with Crippen molar-refractivity contribution in [1.29, 1.82) is 0 Å². The highest BCUT2D eigenvalue weighted by molar-refractivity contribution is 5.11. The molecule has 3 heterocycles. The van der Waals surface area contributed by atoms with Crippen molar-refractivity contribution in [2.24, 2.45) is 13.0 Å². The average Bonchev–Trinajstić information content (AvgIpc) is 2.77. The van der Waals surface area contributed by atoms with Gasteiger partial charge in [0.1, 0.15) is 0 Å². The highest BCUT2D eigenvalue weighted by Gasteiger charge is 2.39. The Labute approximate surface area is 77.5 Å². The third-order valence-corrected chi connectivity index (χ3v) is 3.33. The molecule has 13 heavy (non-hydrogen) atoms. The largest absolute Gasteiger partial charge is 0.302 e. The predicted molar refractivity (Wildman–Crippen MR) is 48.3 cm³/mol. The molecule has 4 nitrogen and oxygen atoms in total. The van der Waals surface area contributed by atoms with Gasteiger partial charge >= 0.3 is 0 Å². The number of nitrogens with zero attached hydrogens (tertiary/aromatic N) is 4. The second-order valence-electron chi connectivity index (χ2n) is 4.23. The fourth-order valence-corrected chi connectivity index (χ4v) is 2.65. The Kier molecular flexibility index (Phi) is 1.47. The number of hydrogen-bond acceptors (Lipinski definition) is 3. The fourth-order valence-electron chi connectivity index (χ4n) is 2.65. The van der Waals surface area contributed by atoms with E-state index in [4.69, 9.17) is 0 Å². The van der Waals surface area contributed by atoms with Crippen LogP contribution in [-0.2, 0) is 7.05 Å². The van der Waals surface area contributed by atoms with Gasteiger partial charge in [-0.3, -0.25) is 4.68 Å². The minimum Gasteiger partial charge on any atom is -0.302 e. The van der Waals surface area contributed by atoms with Gasteiger partial charge < -0.3 is 4.90 Å². The smallest absolute Gasteiger partial charge is 0.0873 e. The summed E-state index contributed by atoms with van der Waals surface area (Å²) in [7, 11) is 1.93. The summed E-state index contributed by atoms with van der Waals surface area (Å²) in [5, 5.41) is 8.20. The summed E-state index contributed by atoms with van der Waals surface area (Å²) < 4.78 is 1.80. The van der Waals surface area contributed by atoms with Gasteiger partial charge in [0.05, 0.1) is 5.69 Å². The van der Waals surface area contributed by atoms with Crippen molar-refractivity contribution in [3.63, 3.8) is 0 Å². The third kappa shape index (κ3) is 1.09. The second kappa shape index (κ2) is 2.54. The van der Waals surface area contributed by atoms with Crippen LogP contribution in [0.5, 0.6) is 0 Å². The lowest BCUT2D eigenvalue weighted by molar-refractivity contribution is 0.344. The lowest BCUT2D eigenvalue weighted by atomic mass is 9.90. The molecule has 0 amide bonds. The molecule has 0 radical (unpaired) electrons. The summed E-state index contributed by atoms with van der Waals surface area (Å²) in [5.74, 6) is 1.50. The van der Waals surface area contributed by atoms with Crippen LogP contribution in [0.1, 0.15) is 18.0 Å².